The maximum Gasteiger partial charge on any atom is 0.216 e. The van der Waals surface area contributed by atoms with Crippen molar-refractivity contribution in [3.8, 4) is 27.0 Å². The van der Waals surface area contributed by atoms with Crippen LogP contribution in [0, 0.1) is 17.9 Å². The van der Waals surface area contributed by atoms with Crippen LogP contribution in [0.4, 0.5) is 38.4 Å². The van der Waals surface area contributed by atoms with Gasteiger partial charge in [0.25, 0.3) is 0 Å². The molecular formula is C40H24N6S3. The maximum absolute atomic E-state index is 10.7. The van der Waals surface area contributed by atoms with Crippen molar-refractivity contribution in [2.45, 2.75) is 0 Å². The molecule has 0 radical (unpaired) electrons. The van der Waals surface area contributed by atoms with Crippen molar-refractivity contribution in [3.63, 3.8) is 0 Å². The Morgan fingerprint density at radius 3 is 1.31 bits per heavy atom. The zero-order valence-corrected chi connectivity index (χ0v) is 28.2. The number of aromatic nitrogens is 2. The molecule has 0 N–H and O–H groups in total. The van der Waals surface area contributed by atoms with Gasteiger partial charge in [-0.05, 0) is 72.8 Å². The number of hydrogen-bond donors (Lipinski definition) is 0. The number of nitrogens with zero attached hydrogens (tertiary/aromatic N) is 6. The first kappa shape index (κ1) is 30.2. The lowest BCUT2D eigenvalue weighted by Gasteiger charge is -2.23. The van der Waals surface area contributed by atoms with E-state index in [2.05, 4.69) is 81.4 Å². The number of rotatable bonds is 8. The van der Waals surface area contributed by atoms with Crippen molar-refractivity contribution in [2.75, 3.05) is 9.80 Å². The van der Waals surface area contributed by atoms with E-state index in [1.807, 2.05) is 84.9 Å². The molecular weight excluding hydrogens is 661 g/mol. The summed E-state index contributed by atoms with van der Waals surface area (Å²) in [5.41, 5.74) is 7.22. The van der Waals surface area contributed by atoms with Gasteiger partial charge >= 0.3 is 0 Å². The Labute approximate surface area is 295 Å². The molecule has 8 rings (SSSR count). The van der Waals surface area contributed by atoms with Crippen LogP contribution in [0.3, 0.4) is 0 Å². The average Bonchev–Trinajstić information content (AvgIpc) is 3.95. The van der Waals surface area contributed by atoms with Crippen LogP contribution >= 0.6 is 34.4 Å². The predicted molar refractivity (Wildman–Crippen MR) is 204 cm³/mol. The van der Waals surface area contributed by atoms with Gasteiger partial charge in [0.05, 0.1) is 29.9 Å². The molecule has 0 unspecified atom stereocenters. The Kier molecular flexibility index (Phi) is 8.14. The van der Waals surface area contributed by atoms with E-state index in [0.717, 1.165) is 54.2 Å². The highest BCUT2D eigenvalue weighted by Gasteiger charge is 2.27. The Morgan fingerprint density at radius 2 is 0.918 bits per heavy atom. The molecule has 0 fully saturated rings. The van der Waals surface area contributed by atoms with Crippen LogP contribution in [0.1, 0.15) is 5.56 Å². The van der Waals surface area contributed by atoms with Crippen LogP contribution in [-0.2, 0) is 0 Å². The van der Waals surface area contributed by atoms with E-state index in [1.165, 1.54) is 0 Å². The lowest BCUT2D eigenvalue weighted by molar-refractivity contribution is 1.32. The Balaban J connectivity index is 1.27. The number of benzene rings is 5. The number of para-hydroxylation sites is 4. The van der Waals surface area contributed by atoms with Gasteiger partial charge in [0, 0.05) is 43.6 Å². The van der Waals surface area contributed by atoms with Gasteiger partial charge < -0.3 is 9.80 Å². The van der Waals surface area contributed by atoms with E-state index in [1.54, 1.807) is 22.7 Å². The van der Waals surface area contributed by atoms with Gasteiger partial charge in [-0.1, -0.05) is 72.8 Å². The van der Waals surface area contributed by atoms with Crippen LogP contribution in [0.25, 0.3) is 36.8 Å². The van der Waals surface area contributed by atoms with E-state index in [4.69, 9.17) is 15.3 Å². The lowest BCUT2D eigenvalue weighted by Crippen LogP contribution is -2.07. The molecule has 8 aromatic rings. The van der Waals surface area contributed by atoms with Crippen molar-refractivity contribution in [1.82, 2.24) is 8.75 Å². The lowest BCUT2D eigenvalue weighted by atomic mass is 9.97. The summed E-state index contributed by atoms with van der Waals surface area (Å²) in [5, 5.41) is 12.6. The number of nitriles is 1. The summed E-state index contributed by atoms with van der Waals surface area (Å²) in [6.07, 6.45) is 0. The molecule has 0 aliphatic heterocycles. The topological polar surface area (TPSA) is 60.4 Å². The molecule has 0 aliphatic rings. The first-order chi connectivity index (χ1) is 24.2. The largest absolute Gasteiger partial charge is 0.302 e. The molecule has 0 bridgehead atoms. The quantitative estimate of drug-likeness (QED) is 0.149. The van der Waals surface area contributed by atoms with Crippen molar-refractivity contribution in [1.29, 1.82) is 5.26 Å². The fourth-order valence-electron chi connectivity index (χ4n) is 5.96. The van der Waals surface area contributed by atoms with Gasteiger partial charge in [0.15, 0.2) is 0 Å². The molecule has 0 amide bonds. The molecule has 3 aromatic heterocycles. The minimum absolute atomic E-state index is 0.287. The summed E-state index contributed by atoms with van der Waals surface area (Å²) in [4.78, 5) is 10.1. The molecule has 5 aromatic carbocycles. The summed E-state index contributed by atoms with van der Waals surface area (Å²) >= 11 is 4.22. The van der Waals surface area contributed by atoms with Crippen molar-refractivity contribution in [2.24, 2.45) is 0 Å². The minimum atomic E-state index is 0.287. The van der Waals surface area contributed by atoms with Gasteiger partial charge in [-0.2, -0.15) is 14.0 Å². The van der Waals surface area contributed by atoms with E-state index in [-0.39, 0.29) is 5.69 Å². The predicted octanol–water partition coefficient (Wildman–Crippen LogP) is 12.5. The zero-order chi connectivity index (χ0) is 33.2. The van der Waals surface area contributed by atoms with Crippen molar-refractivity contribution in [3.05, 3.63) is 163 Å². The first-order valence-electron chi connectivity index (χ1n) is 15.4. The van der Waals surface area contributed by atoms with Gasteiger partial charge in [-0.3, -0.25) is 0 Å². The highest BCUT2D eigenvalue weighted by Crippen LogP contribution is 2.51. The minimum Gasteiger partial charge on any atom is -0.302 e. The van der Waals surface area contributed by atoms with Gasteiger partial charge in [-0.15, -0.1) is 22.7 Å². The maximum atomic E-state index is 10.7. The first-order valence-corrected chi connectivity index (χ1v) is 17.7. The number of fused-ring (bicyclic) bond motifs is 1. The van der Waals surface area contributed by atoms with E-state index < -0.39 is 0 Å². The van der Waals surface area contributed by atoms with Crippen LogP contribution in [0.15, 0.2) is 146 Å². The molecule has 232 valence electrons. The zero-order valence-electron chi connectivity index (χ0n) is 25.8. The van der Waals surface area contributed by atoms with Crippen molar-refractivity contribution >= 4 is 83.9 Å². The second-order valence-electron chi connectivity index (χ2n) is 10.9. The smallest absolute Gasteiger partial charge is 0.216 e. The number of thiophene rings is 2. The van der Waals surface area contributed by atoms with E-state index >= 15 is 0 Å². The number of anilines is 6. The van der Waals surface area contributed by atoms with E-state index in [9.17, 15) is 5.26 Å². The summed E-state index contributed by atoms with van der Waals surface area (Å²) in [7, 11) is 0. The molecule has 6 nitrogen and oxygen atoms in total. The second-order valence-corrected chi connectivity index (χ2v) is 13.6. The molecule has 3 heterocycles. The monoisotopic (exact) mass is 684 g/mol. The summed E-state index contributed by atoms with van der Waals surface area (Å²) in [5.74, 6) is 0. The van der Waals surface area contributed by atoms with Crippen LogP contribution in [-0.4, -0.2) is 8.75 Å². The average molecular weight is 685 g/mol. The molecule has 0 spiro atoms. The second kappa shape index (κ2) is 13.2. The molecule has 0 saturated heterocycles. The third-order valence-electron chi connectivity index (χ3n) is 8.08. The van der Waals surface area contributed by atoms with Gasteiger partial charge in [-0.25, -0.2) is 4.85 Å². The Bertz CT molecular complexity index is 2220. The fraction of sp³-hybridized carbons (Fsp3) is 0. The Morgan fingerprint density at radius 1 is 0.531 bits per heavy atom. The third-order valence-corrected chi connectivity index (χ3v) is 10.8. The molecule has 9 heteroatoms. The summed E-state index contributed by atoms with van der Waals surface area (Å²) in [6.45, 7) is 8.34. The normalized spacial score (nSPS) is 10.8. The highest BCUT2D eigenvalue weighted by molar-refractivity contribution is 7.20. The van der Waals surface area contributed by atoms with Crippen LogP contribution in [0.5, 0.6) is 0 Å². The summed E-state index contributed by atoms with van der Waals surface area (Å²) < 4.78 is 9.47. The standard InChI is InChI=1S/C40H24N6S3/c1-42-38-31(26-41)36(32-22-24-34(47-32)45(27-14-6-2-7-15-27)28-16-8-3-9-17-28)39-40(44-49-43-39)37(38)33-23-25-35(48-33)46(29-18-10-4-11-19-29)30-20-12-5-13-21-30/h2-25H. The summed E-state index contributed by atoms with van der Waals surface area (Å²) in [6, 6.07) is 51.4. The molecule has 0 aliphatic carbocycles. The Hall–Kier alpha value is -6.10. The van der Waals surface area contributed by atoms with Gasteiger partial charge in [0.2, 0.25) is 5.69 Å². The molecule has 0 saturated carbocycles. The van der Waals surface area contributed by atoms with Crippen molar-refractivity contribution < 1.29 is 0 Å². The van der Waals surface area contributed by atoms with Crippen LogP contribution < -0.4 is 9.80 Å². The van der Waals surface area contributed by atoms with E-state index in [0.29, 0.717) is 27.7 Å². The molecule has 0 atom stereocenters. The van der Waals surface area contributed by atoms with Gasteiger partial charge in [0.1, 0.15) is 21.0 Å². The fourth-order valence-corrected chi connectivity index (χ4v) is 8.72. The molecule has 49 heavy (non-hydrogen) atoms. The third kappa shape index (κ3) is 5.52. The highest BCUT2D eigenvalue weighted by atomic mass is 32.1. The van der Waals surface area contributed by atoms with Crippen LogP contribution in [0.2, 0.25) is 0 Å². The number of hydrogen-bond acceptors (Lipinski definition) is 8. The SMILES string of the molecule is [C-]#[N+]c1c(C#N)c(-c2ccc(N(c3ccccc3)c3ccccc3)s2)c2nsnc2c1-c1ccc(N(c2ccccc2)c2ccccc2)s1.